The first-order valence-electron chi connectivity index (χ1n) is 6.70. The fraction of sp³-hybridized carbons (Fsp3) is 0.400. The third-order valence-corrected chi connectivity index (χ3v) is 4.11. The summed E-state index contributed by atoms with van der Waals surface area (Å²) in [5, 5.41) is 13.5. The largest absolute Gasteiger partial charge is 0.495 e. The van der Waals surface area contributed by atoms with Gasteiger partial charge in [-0.25, -0.2) is 0 Å². The molecule has 2 unspecified atom stereocenters. The molecule has 0 bridgehead atoms. The van der Waals surface area contributed by atoms with Crippen LogP contribution in [-0.2, 0) is 11.8 Å². The summed E-state index contributed by atoms with van der Waals surface area (Å²) in [6.07, 6.45) is 2.63. The van der Waals surface area contributed by atoms with Crippen molar-refractivity contribution >= 4 is 16.9 Å². The molecule has 0 saturated carbocycles. The first kappa shape index (κ1) is 13.0. The van der Waals surface area contributed by atoms with E-state index in [1.54, 1.807) is 7.11 Å². The first-order chi connectivity index (χ1) is 9.61. The Kier molecular flexibility index (Phi) is 3.14. The number of ether oxygens (including phenoxy) is 1. The summed E-state index contributed by atoms with van der Waals surface area (Å²) in [5.41, 5.74) is 2.19. The van der Waals surface area contributed by atoms with Crippen molar-refractivity contribution in [1.82, 2.24) is 9.88 Å². The van der Waals surface area contributed by atoms with Crippen molar-refractivity contribution in [2.24, 2.45) is 13.0 Å². The van der Waals surface area contributed by atoms with E-state index in [9.17, 15) is 4.79 Å². The minimum Gasteiger partial charge on any atom is -0.495 e. The number of aliphatic carboxylic acids is 1. The maximum Gasteiger partial charge on any atom is 0.307 e. The SMILES string of the molecule is COc1ccc(C2CC(C(=O)O)CN2)c2ccn(C)c12. The number of fused-ring (bicyclic) bond motifs is 1. The van der Waals surface area contributed by atoms with Crippen molar-refractivity contribution in [3.63, 3.8) is 0 Å². The zero-order valence-electron chi connectivity index (χ0n) is 11.6. The summed E-state index contributed by atoms with van der Waals surface area (Å²) in [6.45, 7) is 0.528. The number of nitrogens with one attached hydrogen (secondary N) is 1. The quantitative estimate of drug-likeness (QED) is 0.897. The van der Waals surface area contributed by atoms with Crippen LogP contribution in [0.4, 0.5) is 0 Å². The lowest BCUT2D eigenvalue weighted by molar-refractivity contribution is -0.141. The number of hydrogen-bond donors (Lipinski definition) is 2. The minimum absolute atomic E-state index is 0.0897. The Labute approximate surface area is 117 Å². The first-order valence-corrected chi connectivity index (χ1v) is 6.70. The van der Waals surface area contributed by atoms with Crippen molar-refractivity contribution in [3.05, 3.63) is 30.0 Å². The van der Waals surface area contributed by atoms with Gasteiger partial charge in [0.2, 0.25) is 0 Å². The van der Waals surface area contributed by atoms with Gasteiger partial charge in [0.25, 0.3) is 0 Å². The molecule has 1 fully saturated rings. The van der Waals surface area contributed by atoms with Crippen LogP contribution in [0.25, 0.3) is 10.9 Å². The van der Waals surface area contributed by atoms with Crippen LogP contribution in [0.3, 0.4) is 0 Å². The zero-order chi connectivity index (χ0) is 14.3. The Hall–Kier alpha value is -2.01. The zero-order valence-corrected chi connectivity index (χ0v) is 11.6. The molecule has 0 spiro atoms. The number of carbonyl (C=O) groups is 1. The molecular formula is C15H18N2O3. The molecule has 5 nitrogen and oxygen atoms in total. The summed E-state index contributed by atoms with van der Waals surface area (Å²) >= 11 is 0. The Bertz CT molecular complexity index is 662. The molecule has 106 valence electrons. The average molecular weight is 274 g/mol. The molecule has 1 aromatic carbocycles. The van der Waals surface area contributed by atoms with E-state index in [1.165, 1.54) is 0 Å². The van der Waals surface area contributed by atoms with Gasteiger partial charge in [0.05, 0.1) is 18.5 Å². The Morgan fingerprint density at radius 1 is 1.45 bits per heavy atom. The van der Waals surface area contributed by atoms with Crippen molar-refractivity contribution in [3.8, 4) is 5.75 Å². The van der Waals surface area contributed by atoms with Crippen LogP contribution >= 0.6 is 0 Å². The molecule has 0 aliphatic carbocycles. The number of aromatic nitrogens is 1. The lowest BCUT2D eigenvalue weighted by atomic mass is 9.97. The normalized spacial score (nSPS) is 22.3. The Morgan fingerprint density at radius 2 is 2.25 bits per heavy atom. The fourth-order valence-corrected chi connectivity index (χ4v) is 3.03. The highest BCUT2D eigenvalue weighted by Crippen LogP contribution is 2.36. The van der Waals surface area contributed by atoms with Gasteiger partial charge in [0.1, 0.15) is 5.75 Å². The van der Waals surface area contributed by atoms with Gasteiger partial charge in [-0.3, -0.25) is 4.79 Å². The van der Waals surface area contributed by atoms with Gasteiger partial charge in [-0.1, -0.05) is 6.07 Å². The van der Waals surface area contributed by atoms with Gasteiger partial charge >= 0.3 is 5.97 Å². The van der Waals surface area contributed by atoms with Crippen LogP contribution in [0, 0.1) is 5.92 Å². The van der Waals surface area contributed by atoms with Gasteiger partial charge in [-0.15, -0.1) is 0 Å². The Morgan fingerprint density at radius 3 is 2.90 bits per heavy atom. The molecule has 1 aromatic heterocycles. The fourth-order valence-electron chi connectivity index (χ4n) is 3.03. The summed E-state index contributed by atoms with van der Waals surface area (Å²) in [4.78, 5) is 11.1. The van der Waals surface area contributed by atoms with E-state index < -0.39 is 5.97 Å². The molecule has 3 rings (SSSR count). The van der Waals surface area contributed by atoms with Gasteiger partial charge in [0, 0.05) is 31.2 Å². The predicted molar refractivity (Wildman–Crippen MR) is 76.0 cm³/mol. The maximum atomic E-state index is 11.1. The Balaban J connectivity index is 2.03. The van der Waals surface area contributed by atoms with E-state index in [0.29, 0.717) is 13.0 Å². The van der Waals surface area contributed by atoms with Crippen LogP contribution in [0.5, 0.6) is 5.75 Å². The molecule has 5 heteroatoms. The number of carboxylic acids is 1. The van der Waals surface area contributed by atoms with E-state index >= 15 is 0 Å². The van der Waals surface area contributed by atoms with Crippen LogP contribution in [0.15, 0.2) is 24.4 Å². The van der Waals surface area contributed by atoms with Crippen molar-refractivity contribution in [2.45, 2.75) is 12.5 Å². The molecular weight excluding hydrogens is 256 g/mol. The number of aryl methyl sites for hydroxylation is 1. The third-order valence-electron chi connectivity index (χ3n) is 4.11. The number of benzene rings is 1. The standard InChI is InChI=1S/C15H18N2O3/c1-17-6-5-11-10(3-4-13(20-2)14(11)17)12-7-9(8-16-12)15(18)19/h3-6,9,12,16H,7-8H2,1-2H3,(H,18,19). The summed E-state index contributed by atoms with van der Waals surface area (Å²) in [5.74, 6) is -0.192. The smallest absolute Gasteiger partial charge is 0.307 e. The molecule has 1 saturated heterocycles. The second-order valence-corrected chi connectivity index (χ2v) is 5.28. The molecule has 0 radical (unpaired) electrons. The second-order valence-electron chi connectivity index (χ2n) is 5.28. The van der Waals surface area contributed by atoms with Crippen molar-refractivity contribution in [2.75, 3.05) is 13.7 Å². The maximum absolute atomic E-state index is 11.1. The van der Waals surface area contributed by atoms with Gasteiger partial charge in [-0.05, 0) is 24.1 Å². The number of methoxy groups -OCH3 is 1. The predicted octanol–water partition coefficient (Wildman–Crippen LogP) is 1.92. The number of hydrogen-bond acceptors (Lipinski definition) is 3. The number of rotatable bonds is 3. The van der Waals surface area contributed by atoms with Crippen LogP contribution in [0.1, 0.15) is 18.0 Å². The lowest BCUT2D eigenvalue weighted by Gasteiger charge is -2.14. The summed E-state index contributed by atoms with van der Waals surface area (Å²) in [7, 11) is 3.65. The highest BCUT2D eigenvalue weighted by atomic mass is 16.5. The van der Waals surface area contributed by atoms with Crippen molar-refractivity contribution < 1.29 is 14.6 Å². The molecule has 2 heterocycles. The highest BCUT2D eigenvalue weighted by Gasteiger charge is 2.31. The minimum atomic E-state index is -0.724. The van der Waals surface area contributed by atoms with Gasteiger partial charge < -0.3 is 19.7 Å². The number of nitrogens with zero attached hydrogens (tertiary/aromatic N) is 1. The lowest BCUT2D eigenvalue weighted by Crippen LogP contribution is -2.17. The van der Waals surface area contributed by atoms with E-state index in [1.807, 2.05) is 29.9 Å². The molecule has 20 heavy (non-hydrogen) atoms. The number of carboxylic acid groups (broad SMARTS) is 1. The van der Waals surface area contributed by atoms with Crippen molar-refractivity contribution in [1.29, 1.82) is 0 Å². The monoisotopic (exact) mass is 274 g/mol. The molecule has 1 aliphatic heterocycles. The van der Waals surface area contributed by atoms with E-state index in [4.69, 9.17) is 9.84 Å². The van der Waals surface area contributed by atoms with Crippen LogP contribution < -0.4 is 10.1 Å². The molecule has 1 aliphatic rings. The summed E-state index contributed by atoms with van der Waals surface area (Å²) < 4.78 is 7.44. The second kappa shape index (κ2) is 4.83. The van der Waals surface area contributed by atoms with E-state index in [2.05, 4.69) is 11.4 Å². The molecule has 0 amide bonds. The molecule has 2 N–H and O–H groups in total. The van der Waals surface area contributed by atoms with Gasteiger partial charge in [-0.2, -0.15) is 0 Å². The topological polar surface area (TPSA) is 63.5 Å². The average Bonchev–Trinajstić information content (AvgIpc) is 3.06. The molecule has 2 aromatic rings. The van der Waals surface area contributed by atoms with Gasteiger partial charge in [0.15, 0.2) is 0 Å². The molecule has 2 atom stereocenters. The van der Waals surface area contributed by atoms with E-state index in [-0.39, 0.29) is 12.0 Å². The van der Waals surface area contributed by atoms with Crippen LogP contribution in [0.2, 0.25) is 0 Å². The summed E-state index contributed by atoms with van der Waals surface area (Å²) in [6, 6.07) is 6.13. The third kappa shape index (κ3) is 1.94. The van der Waals surface area contributed by atoms with Crippen LogP contribution in [-0.4, -0.2) is 29.3 Å². The highest BCUT2D eigenvalue weighted by molar-refractivity contribution is 5.89. The van der Waals surface area contributed by atoms with E-state index in [0.717, 1.165) is 22.2 Å².